The van der Waals surface area contributed by atoms with Gasteiger partial charge in [0.25, 0.3) is 0 Å². The van der Waals surface area contributed by atoms with Crippen LogP contribution in [0.3, 0.4) is 0 Å². The zero-order valence-electron chi connectivity index (χ0n) is 7.73. The molecule has 2 heterocycles. The summed E-state index contributed by atoms with van der Waals surface area (Å²) in [5, 5.41) is 3.18. The summed E-state index contributed by atoms with van der Waals surface area (Å²) in [7, 11) is 0. The average molecular weight is 178 g/mol. The zero-order valence-corrected chi connectivity index (χ0v) is 7.73. The van der Waals surface area contributed by atoms with E-state index in [0.29, 0.717) is 6.10 Å². The van der Waals surface area contributed by atoms with Crippen molar-refractivity contribution in [2.45, 2.75) is 19.1 Å². The van der Waals surface area contributed by atoms with Crippen molar-refractivity contribution in [3.05, 3.63) is 30.1 Å². The maximum absolute atomic E-state index is 5.78. The van der Waals surface area contributed by atoms with Crippen LogP contribution in [0.1, 0.15) is 18.6 Å². The molecule has 0 spiro atoms. The highest BCUT2D eigenvalue weighted by Crippen LogP contribution is 2.18. The minimum atomic E-state index is 0.176. The molecule has 2 rings (SSSR count). The summed E-state index contributed by atoms with van der Waals surface area (Å²) in [5.74, 6) is 0. The Morgan fingerprint density at radius 3 is 2.69 bits per heavy atom. The van der Waals surface area contributed by atoms with Gasteiger partial charge in [0.15, 0.2) is 0 Å². The van der Waals surface area contributed by atoms with Gasteiger partial charge in [0.1, 0.15) is 0 Å². The standard InChI is InChI=1S/C10H14N2O/c1-8(13-10-6-12-7-10)9-2-4-11-5-3-9/h2-5,8,10,12H,6-7H2,1H3. The van der Waals surface area contributed by atoms with Gasteiger partial charge in [-0.15, -0.1) is 0 Å². The van der Waals surface area contributed by atoms with Crippen molar-refractivity contribution >= 4 is 0 Å². The molecule has 3 heteroatoms. The van der Waals surface area contributed by atoms with Crippen molar-refractivity contribution in [3.8, 4) is 0 Å². The molecule has 0 amide bonds. The fraction of sp³-hybridized carbons (Fsp3) is 0.500. The fourth-order valence-electron chi connectivity index (χ4n) is 1.36. The summed E-state index contributed by atoms with van der Waals surface area (Å²) in [4.78, 5) is 3.97. The van der Waals surface area contributed by atoms with Gasteiger partial charge in [0.05, 0.1) is 12.2 Å². The number of hydrogen-bond acceptors (Lipinski definition) is 3. The number of ether oxygens (including phenoxy) is 1. The number of hydrogen-bond donors (Lipinski definition) is 1. The summed E-state index contributed by atoms with van der Waals surface area (Å²) in [6.07, 6.45) is 4.17. The molecule has 70 valence electrons. The second-order valence-electron chi connectivity index (χ2n) is 3.34. The average Bonchev–Trinajstić information content (AvgIpc) is 2.12. The molecule has 1 saturated heterocycles. The number of aromatic nitrogens is 1. The molecule has 13 heavy (non-hydrogen) atoms. The molecule has 0 aliphatic carbocycles. The Morgan fingerprint density at radius 1 is 1.46 bits per heavy atom. The van der Waals surface area contributed by atoms with E-state index in [-0.39, 0.29) is 6.10 Å². The minimum absolute atomic E-state index is 0.176. The van der Waals surface area contributed by atoms with E-state index in [0.717, 1.165) is 13.1 Å². The highest BCUT2D eigenvalue weighted by molar-refractivity contribution is 5.12. The molecule has 1 aliphatic rings. The lowest BCUT2D eigenvalue weighted by atomic mass is 10.1. The summed E-state index contributed by atoms with van der Waals surface area (Å²) in [6, 6.07) is 3.99. The number of pyridine rings is 1. The third kappa shape index (κ3) is 2.05. The summed E-state index contributed by atoms with van der Waals surface area (Å²) in [5.41, 5.74) is 1.20. The molecular formula is C10H14N2O. The van der Waals surface area contributed by atoms with E-state index >= 15 is 0 Å². The van der Waals surface area contributed by atoms with Crippen LogP contribution in [0, 0.1) is 0 Å². The number of nitrogens with one attached hydrogen (secondary N) is 1. The molecule has 1 aromatic heterocycles. The first kappa shape index (κ1) is 8.66. The maximum Gasteiger partial charge on any atom is 0.0831 e. The van der Waals surface area contributed by atoms with Crippen molar-refractivity contribution in [2.75, 3.05) is 13.1 Å². The summed E-state index contributed by atoms with van der Waals surface area (Å²) >= 11 is 0. The Morgan fingerprint density at radius 2 is 2.15 bits per heavy atom. The first-order valence-electron chi connectivity index (χ1n) is 4.62. The van der Waals surface area contributed by atoms with Crippen molar-refractivity contribution < 1.29 is 4.74 Å². The van der Waals surface area contributed by atoms with Crippen molar-refractivity contribution in [1.82, 2.24) is 10.3 Å². The van der Waals surface area contributed by atoms with Crippen LogP contribution in [0.2, 0.25) is 0 Å². The van der Waals surface area contributed by atoms with E-state index < -0.39 is 0 Å². The van der Waals surface area contributed by atoms with Crippen molar-refractivity contribution in [3.63, 3.8) is 0 Å². The van der Waals surface area contributed by atoms with Crippen molar-refractivity contribution in [2.24, 2.45) is 0 Å². The van der Waals surface area contributed by atoms with Gasteiger partial charge in [0.2, 0.25) is 0 Å². The topological polar surface area (TPSA) is 34.1 Å². The van der Waals surface area contributed by atoms with Gasteiger partial charge in [-0.1, -0.05) is 0 Å². The highest BCUT2D eigenvalue weighted by atomic mass is 16.5. The molecule has 0 saturated carbocycles. The second kappa shape index (κ2) is 3.85. The largest absolute Gasteiger partial charge is 0.368 e. The van der Waals surface area contributed by atoms with Crippen LogP contribution in [-0.4, -0.2) is 24.2 Å². The van der Waals surface area contributed by atoms with Crippen LogP contribution < -0.4 is 5.32 Å². The lowest BCUT2D eigenvalue weighted by molar-refractivity contribution is -0.0303. The van der Waals surface area contributed by atoms with E-state index in [1.807, 2.05) is 12.1 Å². The molecule has 1 aliphatic heterocycles. The van der Waals surface area contributed by atoms with E-state index in [2.05, 4.69) is 17.2 Å². The lowest BCUT2D eigenvalue weighted by Gasteiger charge is -2.30. The van der Waals surface area contributed by atoms with Crippen LogP contribution in [0.25, 0.3) is 0 Å². The van der Waals surface area contributed by atoms with Gasteiger partial charge in [-0.25, -0.2) is 0 Å². The monoisotopic (exact) mass is 178 g/mol. The molecule has 0 aromatic carbocycles. The van der Waals surface area contributed by atoms with Crippen LogP contribution in [0.5, 0.6) is 0 Å². The predicted molar refractivity (Wildman–Crippen MR) is 50.4 cm³/mol. The van der Waals surface area contributed by atoms with E-state index in [1.54, 1.807) is 12.4 Å². The molecule has 0 radical (unpaired) electrons. The van der Waals surface area contributed by atoms with Crippen LogP contribution >= 0.6 is 0 Å². The molecule has 1 aromatic rings. The Bertz CT molecular complexity index is 259. The van der Waals surface area contributed by atoms with Crippen LogP contribution in [0.4, 0.5) is 0 Å². The smallest absolute Gasteiger partial charge is 0.0831 e. The Kier molecular flexibility index (Phi) is 2.57. The lowest BCUT2D eigenvalue weighted by Crippen LogP contribution is -2.48. The molecule has 1 unspecified atom stereocenters. The van der Waals surface area contributed by atoms with Gasteiger partial charge >= 0.3 is 0 Å². The Labute approximate surface area is 78.1 Å². The fourth-order valence-corrected chi connectivity index (χ4v) is 1.36. The summed E-state index contributed by atoms with van der Waals surface area (Å²) < 4.78 is 5.78. The Balaban J connectivity index is 1.92. The van der Waals surface area contributed by atoms with Crippen LogP contribution in [-0.2, 0) is 4.74 Å². The molecule has 1 atom stereocenters. The first-order valence-corrected chi connectivity index (χ1v) is 4.62. The van der Waals surface area contributed by atoms with Crippen LogP contribution in [0.15, 0.2) is 24.5 Å². The van der Waals surface area contributed by atoms with Gasteiger partial charge in [-0.3, -0.25) is 4.98 Å². The zero-order chi connectivity index (χ0) is 9.10. The second-order valence-corrected chi connectivity index (χ2v) is 3.34. The highest BCUT2D eigenvalue weighted by Gasteiger charge is 2.20. The van der Waals surface area contributed by atoms with Gasteiger partial charge < -0.3 is 10.1 Å². The number of rotatable bonds is 3. The predicted octanol–water partition coefficient (Wildman–Crippen LogP) is 1.13. The van der Waals surface area contributed by atoms with E-state index in [9.17, 15) is 0 Å². The van der Waals surface area contributed by atoms with Gasteiger partial charge in [-0.05, 0) is 24.6 Å². The van der Waals surface area contributed by atoms with Crippen molar-refractivity contribution in [1.29, 1.82) is 0 Å². The quantitative estimate of drug-likeness (QED) is 0.753. The third-order valence-corrected chi connectivity index (χ3v) is 2.32. The van der Waals surface area contributed by atoms with Gasteiger partial charge in [0, 0.05) is 25.5 Å². The maximum atomic E-state index is 5.78. The molecule has 0 bridgehead atoms. The molecule has 3 nitrogen and oxygen atoms in total. The molecular weight excluding hydrogens is 164 g/mol. The molecule has 1 N–H and O–H groups in total. The Hall–Kier alpha value is -0.930. The minimum Gasteiger partial charge on any atom is -0.368 e. The molecule has 1 fully saturated rings. The van der Waals surface area contributed by atoms with Gasteiger partial charge in [-0.2, -0.15) is 0 Å². The summed E-state index contributed by atoms with van der Waals surface area (Å²) in [6.45, 7) is 4.04. The first-order chi connectivity index (χ1) is 6.36. The number of nitrogens with zero attached hydrogens (tertiary/aromatic N) is 1. The van der Waals surface area contributed by atoms with E-state index in [4.69, 9.17) is 4.74 Å². The SMILES string of the molecule is CC(OC1CNC1)c1ccncc1. The normalized spacial score (nSPS) is 19.5. The third-order valence-electron chi connectivity index (χ3n) is 2.32. The van der Waals surface area contributed by atoms with E-state index in [1.165, 1.54) is 5.56 Å².